The Labute approximate surface area is 181 Å². The minimum absolute atomic E-state index is 0.00496. The minimum atomic E-state index is -3.85. The molecule has 0 bridgehead atoms. The lowest BCUT2D eigenvalue weighted by Gasteiger charge is -2.20. The maximum atomic E-state index is 14.0. The molecule has 0 spiro atoms. The summed E-state index contributed by atoms with van der Waals surface area (Å²) in [7, 11) is -1.02. The van der Waals surface area contributed by atoms with E-state index in [0.29, 0.717) is 11.3 Å². The van der Waals surface area contributed by atoms with Crippen molar-refractivity contribution in [1.82, 2.24) is 5.32 Å². The predicted octanol–water partition coefficient (Wildman–Crippen LogP) is 4.15. The fourth-order valence-electron chi connectivity index (χ4n) is 3.05. The molecule has 0 fully saturated rings. The van der Waals surface area contributed by atoms with E-state index >= 15 is 0 Å². The van der Waals surface area contributed by atoms with Crippen molar-refractivity contribution in [2.75, 3.05) is 18.5 Å². The third kappa shape index (κ3) is 4.86. The maximum absolute atomic E-state index is 14.0. The normalized spacial score (nSPS) is 12.1. The Kier molecular flexibility index (Phi) is 6.60. The number of para-hydroxylation sites is 1. The largest absolute Gasteiger partial charge is 0.494 e. The van der Waals surface area contributed by atoms with Crippen LogP contribution in [-0.2, 0) is 10.0 Å². The first-order chi connectivity index (χ1) is 14.7. The molecule has 0 aliphatic heterocycles. The predicted molar refractivity (Wildman–Crippen MR) is 117 cm³/mol. The molecule has 0 heterocycles. The molecule has 0 aliphatic rings. The molecule has 0 saturated heterocycles. The molecule has 31 heavy (non-hydrogen) atoms. The number of methoxy groups -OCH3 is 1. The Morgan fingerprint density at radius 1 is 1.03 bits per heavy atom. The fourth-order valence-corrected chi connectivity index (χ4v) is 4.29. The fraction of sp³-hybridized carbons (Fsp3) is 0.174. The summed E-state index contributed by atoms with van der Waals surface area (Å²) in [5.74, 6) is -0.885. The van der Waals surface area contributed by atoms with Gasteiger partial charge in [0, 0.05) is 12.6 Å². The number of benzene rings is 3. The summed E-state index contributed by atoms with van der Waals surface area (Å²) in [5, 5.41) is 2.76. The van der Waals surface area contributed by atoms with Gasteiger partial charge in [-0.05, 0) is 55.0 Å². The molecule has 8 heteroatoms. The molecule has 1 amide bonds. The molecule has 0 aliphatic carbocycles. The van der Waals surface area contributed by atoms with Gasteiger partial charge in [-0.3, -0.25) is 9.10 Å². The van der Waals surface area contributed by atoms with Crippen LogP contribution in [0.3, 0.4) is 0 Å². The summed E-state index contributed by atoms with van der Waals surface area (Å²) in [5.41, 5.74) is 1.25. The summed E-state index contributed by atoms with van der Waals surface area (Å²) in [6.45, 7) is 1.71. The highest BCUT2D eigenvalue weighted by Crippen LogP contribution is 2.24. The van der Waals surface area contributed by atoms with E-state index in [1.807, 2.05) is 0 Å². The zero-order valence-corrected chi connectivity index (χ0v) is 18.2. The van der Waals surface area contributed by atoms with Gasteiger partial charge in [0.25, 0.3) is 15.9 Å². The number of hydrogen-bond acceptors (Lipinski definition) is 4. The first-order valence-corrected chi connectivity index (χ1v) is 11.0. The van der Waals surface area contributed by atoms with Crippen LogP contribution >= 0.6 is 0 Å². The van der Waals surface area contributed by atoms with Gasteiger partial charge in [0.2, 0.25) is 0 Å². The summed E-state index contributed by atoms with van der Waals surface area (Å²) >= 11 is 0. The van der Waals surface area contributed by atoms with Crippen molar-refractivity contribution in [2.24, 2.45) is 0 Å². The number of sulfonamides is 1. The second-order valence-corrected chi connectivity index (χ2v) is 8.89. The Hall–Kier alpha value is -3.39. The average Bonchev–Trinajstić information content (AvgIpc) is 2.79. The van der Waals surface area contributed by atoms with Gasteiger partial charge >= 0.3 is 0 Å². The zero-order valence-electron chi connectivity index (χ0n) is 17.4. The standard InChI is InChI=1S/C23H23FN2O4S/c1-16(17-12-13-22(30-3)21(24)15-17)25-23(27)18-8-7-11-20(14-18)31(28,29)26(2)19-9-5-4-6-10-19/h4-16H,1-3H3,(H,25,27). The number of nitrogens with zero attached hydrogens (tertiary/aromatic N) is 1. The summed E-state index contributed by atoms with van der Waals surface area (Å²) in [6.07, 6.45) is 0. The van der Waals surface area contributed by atoms with Crippen molar-refractivity contribution >= 4 is 21.6 Å². The number of nitrogens with one attached hydrogen (secondary N) is 1. The van der Waals surface area contributed by atoms with E-state index in [1.54, 1.807) is 43.3 Å². The third-order valence-corrected chi connectivity index (χ3v) is 6.68. The third-order valence-electron chi connectivity index (χ3n) is 4.90. The van der Waals surface area contributed by atoms with E-state index < -0.39 is 27.8 Å². The quantitative estimate of drug-likeness (QED) is 0.596. The van der Waals surface area contributed by atoms with E-state index in [1.165, 1.54) is 50.6 Å². The summed E-state index contributed by atoms with van der Waals surface area (Å²) in [6, 6.07) is 18.4. The Morgan fingerprint density at radius 2 is 1.74 bits per heavy atom. The van der Waals surface area contributed by atoms with Crippen LogP contribution in [0.5, 0.6) is 5.75 Å². The van der Waals surface area contributed by atoms with Crippen LogP contribution in [0, 0.1) is 5.82 Å². The number of ether oxygens (including phenoxy) is 1. The Balaban J connectivity index is 1.80. The molecule has 162 valence electrons. The van der Waals surface area contributed by atoms with Crippen molar-refractivity contribution in [3.8, 4) is 5.75 Å². The van der Waals surface area contributed by atoms with E-state index in [4.69, 9.17) is 4.74 Å². The highest BCUT2D eigenvalue weighted by molar-refractivity contribution is 7.92. The van der Waals surface area contributed by atoms with Gasteiger partial charge in [0.15, 0.2) is 11.6 Å². The molecule has 6 nitrogen and oxygen atoms in total. The van der Waals surface area contributed by atoms with E-state index in [-0.39, 0.29) is 16.2 Å². The number of carbonyl (C=O) groups excluding carboxylic acids is 1. The van der Waals surface area contributed by atoms with Crippen LogP contribution in [0.1, 0.15) is 28.9 Å². The van der Waals surface area contributed by atoms with Crippen LogP contribution in [0.2, 0.25) is 0 Å². The SMILES string of the molecule is COc1ccc(C(C)NC(=O)c2cccc(S(=O)(=O)N(C)c3ccccc3)c2)cc1F. The number of anilines is 1. The maximum Gasteiger partial charge on any atom is 0.264 e. The highest BCUT2D eigenvalue weighted by atomic mass is 32.2. The number of carbonyl (C=O) groups is 1. The molecular formula is C23H23FN2O4S. The lowest BCUT2D eigenvalue weighted by Crippen LogP contribution is -2.28. The summed E-state index contributed by atoms with van der Waals surface area (Å²) < 4.78 is 46.0. The molecule has 1 unspecified atom stereocenters. The average molecular weight is 443 g/mol. The van der Waals surface area contributed by atoms with Gasteiger partial charge in [0.1, 0.15) is 0 Å². The number of halogens is 1. The van der Waals surface area contributed by atoms with E-state index in [2.05, 4.69) is 5.32 Å². The van der Waals surface area contributed by atoms with Gasteiger partial charge in [0.05, 0.1) is 23.7 Å². The van der Waals surface area contributed by atoms with Gasteiger partial charge in [-0.15, -0.1) is 0 Å². The molecule has 3 rings (SSSR count). The van der Waals surface area contributed by atoms with E-state index in [9.17, 15) is 17.6 Å². The molecule has 1 N–H and O–H groups in total. The van der Waals surface area contributed by atoms with Crippen LogP contribution in [0.15, 0.2) is 77.7 Å². The zero-order chi connectivity index (χ0) is 22.6. The Morgan fingerprint density at radius 3 is 2.39 bits per heavy atom. The van der Waals surface area contributed by atoms with Crippen molar-refractivity contribution in [2.45, 2.75) is 17.9 Å². The molecule has 0 saturated carbocycles. The van der Waals surface area contributed by atoms with Crippen LogP contribution in [0.25, 0.3) is 0 Å². The molecule has 3 aromatic rings. The smallest absolute Gasteiger partial charge is 0.264 e. The highest BCUT2D eigenvalue weighted by Gasteiger charge is 2.23. The lowest BCUT2D eigenvalue weighted by molar-refractivity contribution is 0.0939. The minimum Gasteiger partial charge on any atom is -0.494 e. The second-order valence-electron chi connectivity index (χ2n) is 6.93. The van der Waals surface area contributed by atoms with Crippen molar-refractivity contribution in [3.63, 3.8) is 0 Å². The second kappa shape index (κ2) is 9.18. The van der Waals surface area contributed by atoms with Gasteiger partial charge in [-0.1, -0.05) is 30.3 Å². The van der Waals surface area contributed by atoms with Crippen LogP contribution < -0.4 is 14.4 Å². The molecule has 1 atom stereocenters. The lowest BCUT2D eigenvalue weighted by atomic mass is 10.1. The van der Waals surface area contributed by atoms with Crippen molar-refractivity contribution < 1.29 is 22.3 Å². The molecule has 0 aromatic heterocycles. The van der Waals surface area contributed by atoms with Crippen molar-refractivity contribution in [3.05, 3.63) is 89.7 Å². The molecule has 0 radical (unpaired) electrons. The van der Waals surface area contributed by atoms with E-state index in [0.717, 1.165) is 4.31 Å². The first-order valence-electron chi connectivity index (χ1n) is 9.52. The van der Waals surface area contributed by atoms with Crippen molar-refractivity contribution in [1.29, 1.82) is 0 Å². The number of hydrogen-bond donors (Lipinski definition) is 1. The van der Waals surface area contributed by atoms with Gasteiger partial charge < -0.3 is 10.1 Å². The first kappa shape index (κ1) is 22.3. The monoisotopic (exact) mass is 442 g/mol. The number of rotatable bonds is 7. The Bertz CT molecular complexity index is 1180. The topological polar surface area (TPSA) is 75.7 Å². The molecular weight excluding hydrogens is 419 g/mol. The summed E-state index contributed by atoms with van der Waals surface area (Å²) in [4.78, 5) is 12.7. The van der Waals surface area contributed by atoms with Crippen LogP contribution in [0.4, 0.5) is 10.1 Å². The van der Waals surface area contributed by atoms with Crippen LogP contribution in [-0.4, -0.2) is 28.5 Å². The molecule has 3 aromatic carbocycles. The van der Waals surface area contributed by atoms with Gasteiger partial charge in [-0.2, -0.15) is 0 Å². The number of amides is 1. The van der Waals surface area contributed by atoms with Gasteiger partial charge in [-0.25, -0.2) is 12.8 Å².